The van der Waals surface area contributed by atoms with Gasteiger partial charge >= 0.3 is 6.36 Å². The number of rotatable bonds is 5. The summed E-state index contributed by atoms with van der Waals surface area (Å²) in [5, 5.41) is 13.0. The van der Waals surface area contributed by atoms with Crippen molar-refractivity contribution in [3.63, 3.8) is 0 Å². The van der Waals surface area contributed by atoms with Gasteiger partial charge in [-0.1, -0.05) is 12.1 Å². The fourth-order valence-corrected chi connectivity index (χ4v) is 4.23. The Balaban J connectivity index is 1.63. The fraction of sp³-hybridized carbons (Fsp3) is 0.364. The lowest BCUT2D eigenvalue weighted by molar-refractivity contribution is -0.274. The van der Waals surface area contributed by atoms with Crippen molar-refractivity contribution in [2.75, 3.05) is 20.3 Å². The van der Waals surface area contributed by atoms with E-state index in [-0.39, 0.29) is 23.7 Å². The molecule has 0 radical (unpaired) electrons. The van der Waals surface area contributed by atoms with Crippen LogP contribution in [0.1, 0.15) is 27.9 Å². The van der Waals surface area contributed by atoms with Crippen LogP contribution in [0.3, 0.4) is 0 Å². The van der Waals surface area contributed by atoms with Crippen LogP contribution in [0, 0.1) is 11.3 Å². The average molecular weight is 431 g/mol. The average Bonchev–Trinajstić information content (AvgIpc) is 3.30. The van der Waals surface area contributed by atoms with Crippen LogP contribution in [-0.4, -0.2) is 49.5 Å². The molecule has 162 valence electrons. The maximum Gasteiger partial charge on any atom is 0.573 e. The van der Waals surface area contributed by atoms with Gasteiger partial charge in [-0.25, -0.2) is 0 Å². The van der Waals surface area contributed by atoms with E-state index in [9.17, 15) is 23.2 Å². The number of ether oxygens (including phenoxy) is 2. The first-order chi connectivity index (χ1) is 14.8. The SMILES string of the molecule is COC[C@@H]1C[C@@H](N2Cc3cc(C#N)c(-c4cccc(OC(F)(F)F)c4)cc3C2=O)CN1. The van der Waals surface area contributed by atoms with Gasteiger partial charge in [-0.3, -0.25) is 4.79 Å². The van der Waals surface area contributed by atoms with Crippen LogP contribution >= 0.6 is 0 Å². The number of hydrogen-bond donors (Lipinski definition) is 1. The molecular weight excluding hydrogens is 411 g/mol. The second-order valence-electron chi connectivity index (χ2n) is 7.63. The van der Waals surface area contributed by atoms with E-state index in [0.29, 0.717) is 42.0 Å². The van der Waals surface area contributed by atoms with Crippen LogP contribution in [0.15, 0.2) is 36.4 Å². The number of carbonyl (C=O) groups is 1. The highest BCUT2D eigenvalue weighted by molar-refractivity contribution is 6.00. The first kappa shape index (κ1) is 21.2. The molecule has 6 nitrogen and oxygen atoms in total. The predicted octanol–water partition coefficient (Wildman–Crippen LogP) is 3.46. The molecule has 0 aromatic heterocycles. The molecule has 1 saturated heterocycles. The van der Waals surface area contributed by atoms with Gasteiger partial charge in [0.05, 0.1) is 18.2 Å². The van der Waals surface area contributed by atoms with Crippen LogP contribution < -0.4 is 10.1 Å². The Morgan fingerprint density at radius 2 is 2.06 bits per heavy atom. The van der Waals surface area contributed by atoms with E-state index in [0.717, 1.165) is 12.0 Å². The van der Waals surface area contributed by atoms with Crippen LogP contribution in [-0.2, 0) is 11.3 Å². The van der Waals surface area contributed by atoms with Crippen molar-refractivity contribution >= 4 is 5.91 Å². The molecule has 0 bridgehead atoms. The number of alkyl halides is 3. The summed E-state index contributed by atoms with van der Waals surface area (Å²) in [5.74, 6) is -0.531. The largest absolute Gasteiger partial charge is 0.573 e. The van der Waals surface area contributed by atoms with Gasteiger partial charge in [-0.05, 0) is 41.8 Å². The molecule has 2 aromatic rings. The third-order valence-corrected chi connectivity index (χ3v) is 5.58. The first-order valence-electron chi connectivity index (χ1n) is 9.75. The molecule has 0 unspecified atom stereocenters. The number of fused-ring (bicyclic) bond motifs is 1. The number of hydrogen-bond acceptors (Lipinski definition) is 5. The Labute approximate surface area is 177 Å². The van der Waals surface area contributed by atoms with Gasteiger partial charge in [-0.2, -0.15) is 5.26 Å². The molecule has 31 heavy (non-hydrogen) atoms. The van der Waals surface area contributed by atoms with Gasteiger partial charge in [-0.15, -0.1) is 13.2 Å². The monoisotopic (exact) mass is 431 g/mol. The molecule has 1 amide bonds. The van der Waals surface area contributed by atoms with Crippen molar-refractivity contribution in [3.05, 3.63) is 53.1 Å². The summed E-state index contributed by atoms with van der Waals surface area (Å²) in [6, 6.07) is 10.9. The van der Waals surface area contributed by atoms with E-state index in [4.69, 9.17) is 4.74 Å². The van der Waals surface area contributed by atoms with Crippen LogP contribution in [0.5, 0.6) is 5.75 Å². The molecule has 0 spiro atoms. The van der Waals surface area contributed by atoms with E-state index in [1.54, 1.807) is 30.2 Å². The second kappa shape index (κ2) is 8.21. The summed E-state index contributed by atoms with van der Waals surface area (Å²) < 4.78 is 46.9. The number of halogens is 3. The maximum atomic E-state index is 13.1. The van der Waals surface area contributed by atoms with Gasteiger partial charge in [0.25, 0.3) is 5.91 Å². The topological polar surface area (TPSA) is 74.6 Å². The zero-order valence-corrected chi connectivity index (χ0v) is 16.7. The Morgan fingerprint density at radius 1 is 1.26 bits per heavy atom. The standard InChI is InChI=1S/C22H20F3N3O3/c1-30-12-16-7-17(10-27-16)28-11-15-5-14(9-26)19(8-20(15)21(28)29)13-3-2-4-18(6-13)31-22(23,24)25/h2-6,8,16-17,27H,7,10-12H2,1H3/t16-,17+/m0/s1. The number of nitrogens with one attached hydrogen (secondary N) is 1. The highest BCUT2D eigenvalue weighted by Gasteiger charge is 2.37. The Bertz CT molecular complexity index is 1050. The third-order valence-electron chi connectivity index (χ3n) is 5.58. The van der Waals surface area contributed by atoms with E-state index in [1.807, 2.05) is 0 Å². The molecule has 9 heteroatoms. The van der Waals surface area contributed by atoms with E-state index in [1.165, 1.54) is 18.2 Å². The van der Waals surface area contributed by atoms with Crippen molar-refractivity contribution in [3.8, 4) is 22.9 Å². The molecule has 1 fully saturated rings. The normalized spacial score (nSPS) is 20.6. The van der Waals surface area contributed by atoms with E-state index < -0.39 is 6.36 Å². The highest BCUT2D eigenvalue weighted by Crippen LogP contribution is 2.35. The van der Waals surface area contributed by atoms with Crippen molar-refractivity contribution in [1.29, 1.82) is 5.26 Å². The Morgan fingerprint density at radius 3 is 2.77 bits per heavy atom. The maximum absolute atomic E-state index is 13.1. The van der Waals surface area contributed by atoms with Crippen LogP contribution in [0.2, 0.25) is 0 Å². The van der Waals surface area contributed by atoms with Crippen molar-refractivity contribution < 1.29 is 27.4 Å². The lowest BCUT2D eigenvalue weighted by Crippen LogP contribution is -2.36. The second-order valence-corrected chi connectivity index (χ2v) is 7.63. The Hall–Kier alpha value is -3.09. The summed E-state index contributed by atoms with van der Waals surface area (Å²) in [4.78, 5) is 14.9. The summed E-state index contributed by atoms with van der Waals surface area (Å²) in [5.41, 5.74) is 2.26. The number of benzene rings is 2. The molecular formula is C22H20F3N3O3. The van der Waals surface area contributed by atoms with Crippen molar-refractivity contribution in [1.82, 2.24) is 10.2 Å². The third kappa shape index (κ3) is 4.36. The minimum Gasteiger partial charge on any atom is -0.406 e. The number of amides is 1. The summed E-state index contributed by atoms with van der Waals surface area (Å²) >= 11 is 0. The first-order valence-corrected chi connectivity index (χ1v) is 9.75. The van der Waals surface area contributed by atoms with Crippen molar-refractivity contribution in [2.45, 2.75) is 31.4 Å². The molecule has 2 aliphatic rings. The highest BCUT2D eigenvalue weighted by atomic mass is 19.4. The minimum absolute atomic E-state index is 0.0116. The minimum atomic E-state index is -4.82. The summed E-state index contributed by atoms with van der Waals surface area (Å²) in [6.07, 6.45) is -4.05. The van der Waals surface area contributed by atoms with Crippen LogP contribution in [0.4, 0.5) is 13.2 Å². The van der Waals surface area contributed by atoms with Gasteiger partial charge in [0.1, 0.15) is 5.75 Å². The van der Waals surface area contributed by atoms with E-state index >= 15 is 0 Å². The molecule has 2 heterocycles. The molecule has 4 rings (SSSR count). The van der Waals surface area contributed by atoms with Crippen LogP contribution in [0.25, 0.3) is 11.1 Å². The molecule has 2 aromatic carbocycles. The Kier molecular flexibility index (Phi) is 5.60. The van der Waals surface area contributed by atoms with Gasteiger partial charge < -0.3 is 19.7 Å². The zero-order chi connectivity index (χ0) is 22.2. The summed E-state index contributed by atoms with van der Waals surface area (Å²) in [6.45, 7) is 1.61. The fourth-order valence-electron chi connectivity index (χ4n) is 4.23. The number of carbonyl (C=O) groups excluding carboxylic acids is 1. The van der Waals surface area contributed by atoms with E-state index in [2.05, 4.69) is 16.1 Å². The summed E-state index contributed by atoms with van der Waals surface area (Å²) in [7, 11) is 1.63. The number of nitrogens with zero attached hydrogens (tertiary/aromatic N) is 2. The van der Waals surface area contributed by atoms with Gasteiger partial charge in [0, 0.05) is 43.4 Å². The zero-order valence-electron chi connectivity index (χ0n) is 16.7. The smallest absolute Gasteiger partial charge is 0.406 e. The molecule has 2 aliphatic heterocycles. The van der Waals surface area contributed by atoms with Gasteiger partial charge in [0.2, 0.25) is 0 Å². The number of methoxy groups -OCH3 is 1. The van der Waals surface area contributed by atoms with Gasteiger partial charge in [0.15, 0.2) is 0 Å². The molecule has 0 aliphatic carbocycles. The lowest BCUT2D eigenvalue weighted by Gasteiger charge is -2.23. The predicted molar refractivity (Wildman–Crippen MR) is 105 cm³/mol. The molecule has 0 saturated carbocycles. The molecule has 2 atom stereocenters. The van der Waals surface area contributed by atoms with Crippen molar-refractivity contribution in [2.24, 2.45) is 0 Å². The quantitative estimate of drug-likeness (QED) is 0.785. The number of nitriles is 1. The molecule has 1 N–H and O–H groups in total. The lowest BCUT2D eigenvalue weighted by atomic mass is 9.95.